The average Bonchev–Trinajstić information content (AvgIpc) is 3.93. The molecule has 7 atom stereocenters. The van der Waals surface area contributed by atoms with Crippen molar-refractivity contribution in [1.29, 1.82) is 0 Å². The lowest BCUT2D eigenvalue weighted by atomic mass is 9.97. The number of methoxy groups -OCH3 is 1. The molecule has 0 spiro atoms. The number of hydrogen-bond acceptors (Lipinski definition) is 10. The van der Waals surface area contributed by atoms with Crippen molar-refractivity contribution >= 4 is 41.4 Å². The van der Waals surface area contributed by atoms with Gasteiger partial charge >= 0.3 is 5.97 Å². The van der Waals surface area contributed by atoms with E-state index in [4.69, 9.17) is 9.47 Å². The monoisotopic (exact) mass is 822 g/mol. The number of carbonyl (C=O) groups is 7. The van der Waals surface area contributed by atoms with E-state index in [2.05, 4.69) is 10.6 Å². The number of imide groups is 1. The lowest BCUT2D eigenvalue weighted by molar-refractivity contribution is -0.170. The average molecular weight is 823 g/mol. The first-order valence-electron chi connectivity index (χ1n) is 21.1. The second kappa shape index (κ2) is 20.5. The molecule has 3 aliphatic heterocycles. The van der Waals surface area contributed by atoms with E-state index in [-0.39, 0.29) is 36.8 Å². The van der Waals surface area contributed by atoms with Gasteiger partial charge < -0.3 is 29.9 Å². The minimum absolute atomic E-state index is 0.00705. The largest absolute Gasteiger partial charge is 0.499 e. The van der Waals surface area contributed by atoms with Crippen LogP contribution < -0.4 is 10.6 Å². The third-order valence-corrected chi connectivity index (χ3v) is 11.5. The molecule has 0 radical (unpaired) electrons. The Bertz CT molecular complexity index is 1720. The zero-order valence-electron chi connectivity index (χ0n) is 36.7. The van der Waals surface area contributed by atoms with E-state index in [1.807, 2.05) is 86.0 Å². The van der Waals surface area contributed by atoms with Crippen LogP contribution >= 0.6 is 0 Å². The van der Waals surface area contributed by atoms with Gasteiger partial charge in [0.2, 0.25) is 23.6 Å². The Balaban J connectivity index is 1.48. The van der Waals surface area contributed by atoms with E-state index in [1.54, 1.807) is 18.7 Å². The molecule has 0 bridgehead atoms. The Labute approximate surface area is 349 Å². The van der Waals surface area contributed by atoms with Gasteiger partial charge in [-0.25, -0.2) is 4.79 Å². The highest BCUT2D eigenvalue weighted by molar-refractivity contribution is 6.06. The molecule has 2 fully saturated rings. The first kappa shape index (κ1) is 46.9. The zero-order valence-corrected chi connectivity index (χ0v) is 36.7. The molecule has 0 aromatic heterocycles. The molecule has 1 aromatic rings. The van der Waals surface area contributed by atoms with E-state index in [1.165, 1.54) is 23.0 Å². The normalized spacial score (nSPS) is 21.6. The lowest BCUT2D eigenvalue weighted by Crippen LogP contribution is -2.61. The number of amides is 6. The van der Waals surface area contributed by atoms with E-state index >= 15 is 0 Å². The van der Waals surface area contributed by atoms with E-state index < -0.39 is 83.8 Å². The molecule has 2 N–H and O–H groups in total. The summed E-state index contributed by atoms with van der Waals surface area (Å²) < 4.78 is 11.4. The highest BCUT2D eigenvalue weighted by Crippen LogP contribution is 2.30. The Morgan fingerprint density at radius 1 is 0.746 bits per heavy atom. The Hall–Kier alpha value is -4.79. The highest BCUT2D eigenvalue weighted by atomic mass is 16.6. The Kier molecular flexibility index (Phi) is 16.3. The molecule has 15 nitrogen and oxygen atoms in total. The number of hydrogen-bond donors (Lipinski definition) is 2. The van der Waals surface area contributed by atoms with Crippen LogP contribution in [0.4, 0.5) is 0 Å². The molecule has 4 rings (SSSR count). The Morgan fingerprint density at radius 2 is 1.32 bits per heavy atom. The summed E-state index contributed by atoms with van der Waals surface area (Å²) >= 11 is 0. The topological polar surface area (TPSA) is 175 Å². The number of rotatable bonds is 17. The van der Waals surface area contributed by atoms with Crippen LogP contribution in [0.1, 0.15) is 86.6 Å². The van der Waals surface area contributed by atoms with Crippen molar-refractivity contribution < 1.29 is 43.0 Å². The number of benzene rings is 1. The van der Waals surface area contributed by atoms with Crippen LogP contribution in [-0.4, -0.2) is 138 Å². The third kappa shape index (κ3) is 10.9. The number of likely N-dealkylation sites (N-methyl/N-ethyl adjacent to an activating group) is 1. The van der Waals surface area contributed by atoms with Gasteiger partial charge in [-0.3, -0.25) is 38.6 Å². The van der Waals surface area contributed by atoms with Crippen molar-refractivity contribution in [3.63, 3.8) is 0 Å². The predicted octanol–water partition coefficient (Wildman–Crippen LogP) is 2.91. The summed E-state index contributed by atoms with van der Waals surface area (Å²) in [6, 6.07) is 4.45. The maximum absolute atomic E-state index is 14.3. The third-order valence-electron chi connectivity index (χ3n) is 11.5. The summed E-state index contributed by atoms with van der Waals surface area (Å²) in [5.74, 6) is -4.40. The van der Waals surface area contributed by atoms with Gasteiger partial charge in [0.25, 0.3) is 11.8 Å². The fourth-order valence-corrected chi connectivity index (χ4v) is 8.46. The van der Waals surface area contributed by atoms with Gasteiger partial charge in [-0.1, -0.05) is 85.7 Å². The van der Waals surface area contributed by atoms with Crippen LogP contribution in [0.15, 0.2) is 42.2 Å². The first-order chi connectivity index (χ1) is 27.8. The van der Waals surface area contributed by atoms with Gasteiger partial charge in [0.05, 0.1) is 13.2 Å². The molecule has 6 amide bonds. The van der Waals surface area contributed by atoms with Crippen LogP contribution in [0.3, 0.4) is 0 Å². The molecule has 326 valence electrons. The van der Waals surface area contributed by atoms with Crippen molar-refractivity contribution in [2.75, 3.05) is 34.3 Å². The minimum atomic E-state index is -1.31. The molecule has 1 aromatic carbocycles. The number of nitrogens with one attached hydrogen (secondary N) is 2. The van der Waals surface area contributed by atoms with Crippen molar-refractivity contribution in [2.24, 2.45) is 23.7 Å². The summed E-state index contributed by atoms with van der Waals surface area (Å²) in [4.78, 5) is 103. The standard InChI is InChI=1S/C44H66N6O9/c1-25(2)35(45-40(53)37(27(5)6)47(9)10)39(52)46-36(26(3)4)42(55)48-21-15-19-30(48)41(54)49-22-16-20-31(49)44(57)59-38(28(7)8)43(56)50-32(33(58-11)24-34(50)51)23-29-17-13-12-14-18-29/h12-14,17-18,24-28,30-32,35-38H,15-16,19-23H2,1-11H3,(H,45,53)(H,46,52)/t30-,31-,32-,35-,36-,37-,38?/m0/s1. The number of ether oxygens (including phenoxy) is 2. The van der Waals surface area contributed by atoms with Crippen LogP contribution in [0.25, 0.3) is 0 Å². The van der Waals surface area contributed by atoms with E-state index in [0.717, 1.165) is 10.5 Å². The van der Waals surface area contributed by atoms with Crippen LogP contribution in [0.2, 0.25) is 0 Å². The number of carbonyl (C=O) groups excluding carboxylic acids is 7. The fraction of sp³-hybridized carbons (Fsp3) is 0.659. The van der Waals surface area contributed by atoms with Crippen LogP contribution in [-0.2, 0) is 49.5 Å². The fourth-order valence-electron chi connectivity index (χ4n) is 8.46. The highest BCUT2D eigenvalue weighted by Gasteiger charge is 2.47. The van der Waals surface area contributed by atoms with Crippen molar-refractivity contribution in [3.05, 3.63) is 47.7 Å². The molecule has 59 heavy (non-hydrogen) atoms. The van der Waals surface area contributed by atoms with Gasteiger partial charge in [0.15, 0.2) is 6.10 Å². The quantitative estimate of drug-likeness (QED) is 0.223. The SMILES string of the molecule is COC1=CC(=O)N(C(=O)C(OC(=O)[C@@H]2CCCN2C(=O)[C@@H]2CCCN2C(=O)[C@@H](NC(=O)[C@@H](NC(=O)[C@H](C(C)C)N(C)C)C(C)C)C(C)C)C(C)C)[C@H]1Cc1ccccc1. The molecule has 0 aliphatic carbocycles. The molecule has 0 saturated carbocycles. The molecule has 3 heterocycles. The van der Waals surface area contributed by atoms with Gasteiger partial charge in [-0.15, -0.1) is 0 Å². The second-order valence-corrected chi connectivity index (χ2v) is 17.6. The van der Waals surface area contributed by atoms with Crippen molar-refractivity contribution in [3.8, 4) is 0 Å². The van der Waals surface area contributed by atoms with E-state index in [0.29, 0.717) is 37.9 Å². The number of nitrogens with zero attached hydrogens (tertiary/aromatic N) is 4. The molecule has 15 heteroatoms. The molecular weight excluding hydrogens is 757 g/mol. The summed E-state index contributed by atoms with van der Waals surface area (Å²) in [6.07, 6.45) is 2.00. The number of esters is 1. The molecule has 2 saturated heterocycles. The second-order valence-electron chi connectivity index (χ2n) is 17.6. The first-order valence-corrected chi connectivity index (χ1v) is 21.1. The number of likely N-dealkylation sites (tertiary alicyclic amines) is 2. The minimum Gasteiger partial charge on any atom is -0.499 e. The Morgan fingerprint density at radius 3 is 1.86 bits per heavy atom. The van der Waals surface area contributed by atoms with Gasteiger partial charge in [0, 0.05) is 25.6 Å². The molecule has 3 aliphatic rings. The van der Waals surface area contributed by atoms with Crippen LogP contribution in [0.5, 0.6) is 0 Å². The van der Waals surface area contributed by atoms with E-state index in [9.17, 15) is 33.6 Å². The molecular formula is C44H66N6O9. The van der Waals surface area contributed by atoms with Crippen molar-refractivity contribution in [1.82, 2.24) is 30.2 Å². The zero-order chi connectivity index (χ0) is 43.9. The summed E-state index contributed by atoms with van der Waals surface area (Å²) in [5.41, 5.74) is 0.885. The van der Waals surface area contributed by atoms with Gasteiger partial charge in [0.1, 0.15) is 36.0 Å². The summed E-state index contributed by atoms with van der Waals surface area (Å²) in [6.45, 7) is 15.1. The summed E-state index contributed by atoms with van der Waals surface area (Å²) in [5, 5.41) is 5.80. The lowest BCUT2D eigenvalue weighted by Gasteiger charge is -2.35. The maximum Gasteiger partial charge on any atom is 0.329 e. The molecule has 1 unspecified atom stereocenters. The predicted molar refractivity (Wildman–Crippen MR) is 221 cm³/mol. The van der Waals surface area contributed by atoms with Gasteiger partial charge in [-0.2, -0.15) is 0 Å². The summed E-state index contributed by atoms with van der Waals surface area (Å²) in [7, 11) is 5.06. The maximum atomic E-state index is 14.3. The van der Waals surface area contributed by atoms with Crippen LogP contribution in [0, 0.1) is 23.7 Å². The van der Waals surface area contributed by atoms with Gasteiger partial charge in [-0.05, 0) is 69.0 Å². The van der Waals surface area contributed by atoms with Crippen molar-refractivity contribution in [2.45, 2.75) is 130 Å². The smallest absolute Gasteiger partial charge is 0.329 e.